The maximum absolute atomic E-state index is 11.5. The Kier molecular flexibility index (Phi) is 7.03. The van der Waals surface area contributed by atoms with Gasteiger partial charge in [0.1, 0.15) is 0 Å². The van der Waals surface area contributed by atoms with Gasteiger partial charge in [0.25, 0.3) is 0 Å². The zero-order valence-corrected chi connectivity index (χ0v) is 10.9. The normalized spacial score (nSPS) is 11.3. The van der Waals surface area contributed by atoms with Gasteiger partial charge in [0.05, 0.1) is 12.2 Å². The average Bonchev–Trinajstić information content (AvgIpc) is 2.14. The number of hydrogen-bond acceptors (Lipinski definition) is 5. The highest BCUT2D eigenvalue weighted by atomic mass is 17.2. The Morgan fingerprint density at radius 3 is 2.12 bits per heavy atom. The summed E-state index contributed by atoms with van der Waals surface area (Å²) < 4.78 is 5.01. The van der Waals surface area contributed by atoms with Gasteiger partial charge >= 0.3 is 6.09 Å². The fourth-order valence-electron chi connectivity index (χ4n) is 0.747. The number of hydrogen-bond donors (Lipinski definition) is 0. The molecule has 0 saturated carbocycles. The molecule has 0 bridgehead atoms. The van der Waals surface area contributed by atoms with Crippen molar-refractivity contribution in [1.82, 2.24) is 10.0 Å². The average molecular weight is 234 g/mol. The van der Waals surface area contributed by atoms with E-state index in [4.69, 9.17) is 14.5 Å². The summed E-state index contributed by atoms with van der Waals surface area (Å²) in [5.41, 5.74) is 0. The molecule has 0 unspecified atom stereocenters. The van der Waals surface area contributed by atoms with Crippen molar-refractivity contribution >= 4 is 6.09 Å². The molecule has 0 aliphatic heterocycles. The molecule has 0 radical (unpaired) electrons. The first-order valence-electron chi connectivity index (χ1n) is 5.28. The van der Waals surface area contributed by atoms with E-state index in [1.165, 1.54) is 5.01 Å². The largest absolute Gasteiger partial charge is 0.446 e. The molecule has 0 N–H and O–H groups in total. The van der Waals surface area contributed by atoms with E-state index in [9.17, 15) is 4.79 Å². The fraction of sp³-hybridized carbons (Fsp3) is 0.900. The van der Waals surface area contributed by atoms with Crippen LogP contribution in [0.25, 0.3) is 0 Å². The number of nitrogens with zero attached hydrogens (tertiary/aromatic N) is 2. The topological polar surface area (TPSA) is 51.2 Å². The Labute approximate surface area is 96.9 Å². The van der Waals surface area contributed by atoms with Crippen molar-refractivity contribution in [3.05, 3.63) is 0 Å². The van der Waals surface area contributed by atoms with Gasteiger partial charge in [-0.05, 0) is 27.7 Å². The summed E-state index contributed by atoms with van der Waals surface area (Å²) in [5.74, 6) is 0. The minimum absolute atomic E-state index is 0.0127. The van der Waals surface area contributed by atoms with Gasteiger partial charge in [-0.2, -0.15) is 5.01 Å². The third-order valence-electron chi connectivity index (χ3n) is 1.61. The third-order valence-corrected chi connectivity index (χ3v) is 1.61. The number of amides is 1. The van der Waals surface area contributed by atoms with Crippen LogP contribution in [0.4, 0.5) is 4.79 Å². The molecular formula is C10H22N2O4. The molecule has 96 valence electrons. The number of carbonyl (C=O) groups excluding carboxylic acids is 1. The van der Waals surface area contributed by atoms with E-state index in [1.807, 2.05) is 13.8 Å². The van der Waals surface area contributed by atoms with Crippen molar-refractivity contribution in [3.63, 3.8) is 0 Å². The summed E-state index contributed by atoms with van der Waals surface area (Å²) in [6, 6.07) is 0. The van der Waals surface area contributed by atoms with Crippen molar-refractivity contribution in [1.29, 1.82) is 0 Å². The highest BCUT2D eigenvalue weighted by Crippen LogP contribution is 2.00. The lowest BCUT2D eigenvalue weighted by molar-refractivity contribution is -0.344. The van der Waals surface area contributed by atoms with E-state index in [0.717, 1.165) is 0 Å². The number of carbonyl (C=O) groups is 1. The Morgan fingerprint density at radius 1 is 1.12 bits per heavy atom. The summed E-state index contributed by atoms with van der Waals surface area (Å²) in [7, 11) is 3.30. The molecule has 0 rings (SSSR count). The lowest BCUT2D eigenvalue weighted by Gasteiger charge is -2.27. The maximum Gasteiger partial charge on any atom is 0.424 e. The molecule has 1 amide bonds. The fourth-order valence-corrected chi connectivity index (χ4v) is 0.747. The van der Waals surface area contributed by atoms with E-state index in [-0.39, 0.29) is 18.9 Å². The van der Waals surface area contributed by atoms with Crippen LogP contribution in [0.1, 0.15) is 27.7 Å². The van der Waals surface area contributed by atoms with Crippen molar-refractivity contribution in [2.75, 3.05) is 20.8 Å². The molecule has 6 heteroatoms. The lowest BCUT2D eigenvalue weighted by Crippen LogP contribution is -2.43. The molecule has 6 nitrogen and oxygen atoms in total. The second kappa shape index (κ2) is 7.43. The van der Waals surface area contributed by atoms with Crippen molar-refractivity contribution < 1.29 is 19.3 Å². The van der Waals surface area contributed by atoms with E-state index >= 15 is 0 Å². The molecular weight excluding hydrogens is 212 g/mol. The Hall–Kier alpha value is -0.850. The van der Waals surface area contributed by atoms with Crippen LogP contribution >= 0.6 is 0 Å². The predicted octanol–water partition coefficient (Wildman–Crippen LogP) is 1.62. The molecule has 0 atom stereocenters. The zero-order valence-electron chi connectivity index (χ0n) is 10.9. The van der Waals surface area contributed by atoms with Crippen LogP contribution in [0.2, 0.25) is 0 Å². The number of ether oxygens (including phenoxy) is 1. The molecule has 0 fully saturated rings. The van der Waals surface area contributed by atoms with Crippen LogP contribution in [0, 0.1) is 0 Å². The third kappa shape index (κ3) is 6.60. The van der Waals surface area contributed by atoms with Gasteiger partial charge in [-0.15, -0.1) is 0 Å². The summed E-state index contributed by atoms with van der Waals surface area (Å²) in [6.45, 7) is 7.46. The second-order valence-electron chi connectivity index (χ2n) is 4.01. The van der Waals surface area contributed by atoms with Gasteiger partial charge in [0, 0.05) is 14.1 Å². The molecule has 0 aliphatic rings. The second-order valence-corrected chi connectivity index (χ2v) is 4.01. The minimum Gasteiger partial charge on any atom is -0.446 e. The van der Waals surface area contributed by atoms with E-state index in [1.54, 1.807) is 33.0 Å². The van der Waals surface area contributed by atoms with Crippen molar-refractivity contribution in [3.8, 4) is 0 Å². The van der Waals surface area contributed by atoms with Gasteiger partial charge in [-0.3, -0.25) is 0 Å². The highest BCUT2D eigenvalue weighted by molar-refractivity contribution is 5.66. The molecule has 0 heterocycles. The summed E-state index contributed by atoms with van der Waals surface area (Å²) in [5, 5.41) is 2.87. The number of rotatable bonds is 6. The standard InChI is InChI=1S/C10H22N2O4/c1-8(2)15-10(13)12(6)11(5)7-14-16-9(3)4/h8-9H,7H2,1-6H3. The smallest absolute Gasteiger partial charge is 0.424 e. The first kappa shape index (κ1) is 15.2. The Bertz CT molecular complexity index is 209. The molecule has 0 spiro atoms. The van der Waals surface area contributed by atoms with Gasteiger partial charge in [-0.25, -0.2) is 19.6 Å². The van der Waals surface area contributed by atoms with Crippen molar-refractivity contribution in [2.24, 2.45) is 0 Å². The van der Waals surface area contributed by atoms with Crippen LogP contribution in [0.5, 0.6) is 0 Å². The monoisotopic (exact) mass is 234 g/mol. The predicted molar refractivity (Wildman–Crippen MR) is 59.3 cm³/mol. The summed E-state index contributed by atoms with van der Waals surface area (Å²) in [4.78, 5) is 21.3. The van der Waals surface area contributed by atoms with Crippen molar-refractivity contribution in [2.45, 2.75) is 39.9 Å². The Balaban J connectivity index is 3.88. The molecule has 0 aromatic carbocycles. The van der Waals surface area contributed by atoms with E-state index in [2.05, 4.69) is 0 Å². The first-order chi connectivity index (χ1) is 7.34. The summed E-state index contributed by atoms with van der Waals surface area (Å²) >= 11 is 0. The van der Waals surface area contributed by atoms with Crippen LogP contribution in [-0.2, 0) is 14.5 Å². The SMILES string of the molecule is CC(C)OOCN(C)N(C)C(=O)OC(C)C. The molecule has 0 aromatic heterocycles. The van der Waals surface area contributed by atoms with Crippen LogP contribution < -0.4 is 0 Å². The van der Waals surface area contributed by atoms with Gasteiger partial charge in [-0.1, -0.05) is 0 Å². The number of hydrazine groups is 1. The van der Waals surface area contributed by atoms with Gasteiger partial charge < -0.3 is 4.74 Å². The molecule has 0 aromatic rings. The van der Waals surface area contributed by atoms with Crippen LogP contribution in [0.3, 0.4) is 0 Å². The van der Waals surface area contributed by atoms with Gasteiger partial charge in [0.15, 0.2) is 6.73 Å². The van der Waals surface area contributed by atoms with E-state index < -0.39 is 6.09 Å². The molecule has 16 heavy (non-hydrogen) atoms. The Morgan fingerprint density at radius 2 is 1.69 bits per heavy atom. The highest BCUT2D eigenvalue weighted by Gasteiger charge is 2.16. The lowest BCUT2D eigenvalue weighted by atomic mass is 10.5. The summed E-state index contributed by atoms with van der Waals surface area (Å²) in [6.07, 6.45) is -0.580. The van der Waals surface area contributed by atoms with Crippen LogP contribution in [-0.4, -0.2) is 49.1 Å². The quantitative estimate of drug-likeness (QED) is 0.397. The first-order valence-corrected chi connectivity index (χ1v) is 5.28. The maximum atomic E-state index is 11.5. The minimum atomic E-state index is -0.425. The van der Waals surface area contributed by atoms with Crippen LogP contribution in [0.15, 0.2) is 0 Å². The molecule has 0 saturated heterocycles. The molecule has 0 aliphatic carbocycles. The van der Waals surface area contributed by atoms with Gasteiger partial charge in [0.2, 0.25) is 0 Å². The van der Waals surface area contributed by atoms with E-state index in [0.29, 0.717) is 0 Å². The zero-order chi connectivity index (χ0) is 12.7.